The Labute approximate surface area is 84.4 Å². The zero-order chi connectivity index (χ0) is 10.4. The molecule has 0 aliphatic heterocycles. The first kappa shape index (κ1) is 10.8. The van der Waals surface area contributed by atoms with Gasteiger partial charge in [0, 0.05) is 0 Å². The van der Waals surface area contributed by atoms with E-state index in [0.717, 1.165) is 12.2 Å². The summed E-state index contributed by atoms with van der Waals surface area (Å²) in [5, 5.41) is 0. The fourth-order valence-corrected chi connectivity index (χ4v) is 1.38. The number of allylic oxidation sites excluding steroid dienone is 3. The van der Waals surface area contributed by atoms with E-state index in [0.29, 0.717) is 13.0 Å². The summed E-state index contributed by atoms with van der Waals surface area (Å²) in [6, 6.07) is 0. The third kappa shape index (κ3) is 3.24. The Kier molecular flexibility index (Phi) is 4.23. The lowest BCUT2D eigenvalue weighted by atomic mass is 9.97. The molecule has 0 aromatic rings. The van der Waals surface area contributed by atoms with E-state index in [2.05, 4.69) is 0 Å². The van der Waals surface area contributed by atoms with Gasteiger partial charge in [0.1, 0.15) is 5.76 Å². The molecule has 0 saturated carbocycles. The summed E-state index contributed by atoms with van der Waals surface area (Å²) < 4.78 is 9.92. The normalized spacial score (nSPS) is 20.1. The highest BCUT2D eigenvalue weighted by molar-refractivity contribution is 5.70. The van der Waals surface area contributed by atoms with Gasteiger partial charge in [-0.2, -0.15) is 0 Å². The first-order chi connectivity index (χ1) is 6.76. The van der Waals surface area contributed by atoms with Crippen molar-refractivity contribution in [1.82, 2.24) is 0 Å². The number of esters is 1. The summed E-state index contributed by atoms with van der Waals surface area (Å²) in [5.41, 5.74) is 0. The van der Waals surface area contributed by atoms with Crippen LogP contribution in [0.15, 0.2) is 24.0 Å². The zero-order valence-corrected chi connectivity index (χ0v) is 8.66. The number of ether oxygens (including phenoxy) is 2. The van der Waals surface area contributed by atoms with Crippen LogP contribution >= 0.6 is 0 Å². The van der Waals surface area contributed by atoms with Crippen LogP contribution in [-0.2, 0) is 14.3 Å². The van der Waals surface area contributed by atoms with Gasteiger partial charge in [-0.1, -0.05) is 6.08 Å². The second-order valence-corrected chi connectivity index (χ2v) is 3.17. The van der Waals surface area contributed by atoms with E-state index in [1.807, 2.05) is 25.2 Å². The monoisotopic (exact) mass is 196 g/mol. The molecule has 14 heavy (non-hydrogen) atoms. The number of hydrogen-bond acceptors (Lipinski definition) is 3. The maximum atomic E-state index is 11.2. The van der Waals surface area contributed by atoms with Crippen LogP contribution in [0.3, 0.4) is 0 Å². The van der Waals surface area contributed by atoms with Crippen molar-refractivity contribution in [2.75, 3.05) is 13.7 Å². The molecule has 1 aliphatic rings. The smallest absolute Gasteiger partial charge is 0.306 e. The summed E-state index contributed by atoms with van der Waals surface area (Å²) in [6.45, 7) is 2.27. The molecule has 0 N–H and O–H groups in total. The minimum atomic E-state index is -0.128. The molecular formula is C11H16O3. The lowest BCUT2D eigenvalue weighted by molar-refractivity contribution is -0.143. The van der Waals surface area contributed by atoms with E-state index in [1.54, 1.807) is 7.11 Å². The molecule has 0 aromatic carbocycles. The van der Waals surface area contributed by atoms with Crippen LogP contribution < -0.4 is 0 Å². The molecule has 1 rings (SSSR count). The van der Waals surface area contributed by atoms with Gasteiger partial charge in [0.25, 0.3) is 0 Å². The third-order valence-electron chi connectivity index (χ3n) is 2.12. The Morgan fingerprint density at radius 3 is 2.93 bits per heavy atom. The summed E-state index contributed by atoms with van der Waals surface area (Å²) >= 11 is 0. The van der Waals surface area contributed by atoms with Crippen LogP contribution in [0.2, 0.25) is 0 Å². The number of carbonyl (C=O) groups excluding carboxylic acids is 1. The fourth-order valence-electron chi connectivity index (χ4n) is 1.38. The van der Waals surface area contributed by atoms with Gasteiger partial charge in [-0.15, -0.1) is 0 Å². The lowest BCUT2D eigenvalue weighted by Gasteiger charge is -2.14. The predicted octanol–water partition coefficient (Wildman–Crippen LogP) is 2.05. The molecule has 0 amide bonds. The Balaban J connectivity index is 2.34. The molecule has 0 radical (unpaired) electrons. The highest BCUT2D eigenvalue weighted by atomic mass is 16.5. The number of methoxy groups -OCH3 is 1. The van der Waals surface area contributed by atoms with Crippen LogP contribution in [0, 0.1) is 5.92 Å². The first-order valence-electron chi connectivity index (χ1n) is 4.84. The van der Waals surface area contributed by atoms with Crippen LogP contribution in [0.25, 0.3) is 0 Å². The summed E-state index contributed by atoms with van der Waals surface area (Å²) in [5.74, 6) is 0.995. The van der Waals surface area contributed by atoms with Gasteiger partial charge >= 0.3 is 5.97 Å². The molecule has 0 saturated heterocycles. The predicted molar refractivity (Wildman–Crippen MR) is 53.6 cm³/mol. The van der Waals surface area contributed by atoms with Gasteiger partial charge in [0.2, 0.25) is 0 Å². The van der Waals surface area contributed by atoms with Gasteiger partial charge in [-0.3, -0.25) is 4.79 Å². The Hall–Kier alpha value is -1.25. The van der Waals surface area contributed by atoms with E-state index >= 15 is 0 Å². The molecule has 78 valence electrons. The molecule has 3 nitrogen and oxygen atoms in total. The number of carbonyl (C=O) groups is 1. The molecule has 1 atom stereocenters. The van der Waals surface area contributed by atoms with Crippen molar-refractivity contribution in [3.63, 3.8) is 0 Å². The van der Waals surface area contributed by atoms with E-state index in [1.165, 1.54) is 0 Å². The molecule has 1 unspecified atom stereocenters. The minimum absolute atomic E-state index is 0.128. The second kappa shape index (κ2) is 5.47. The second-order valence-electron chi connectivity index (χ2n) is 3.17. The van der Waals surface area contributed by atoms with Gasteiger partial charge in [-0.25, -0.2) is 0 Å². The first-order valence-corrected chi connectivity index (χ1v) is 4.84. The third-order valence-corrected chi connectivity index (χ3v) is 2.12. The standard InChI is InChI=1S/C11H16O3/c1-3-14-11(12)8-9-4-6-10(13-2)7-5-9/h4,6-7,9H,3,5,8H2,1-2H3. The molecule has 0 fully saturated rings. The van der Waals surface area contributed by atoms with Crippen molar-refractivity contribution in [2.24, 2.45) is 5.92 Å². The molecule has 0 spiro atoms. The lowest BCUT2D eigenvalue weighted by Crippen LogP contribution is -2.11. The number of rotatable bonds is 4. The van der Waals surface area contributed by atoms with Crippen LogP contribution in [0.4, 0.5) is 0 Å². The summed E-state index contributed by atoms with van der Waals surface area (Å²) in [7, 11) is 1.64. The van der Waals surface area contributed by atoms with Crippen molar-refractivity contribution in [1.29, 1.82) is 0 Å². The molecular weight excluding hydrogens is 180 g/mol. The van der Waals surface area contributed by atoms with Crippen LogP contribution in [0.5, 0.6) is 0 Å². The van der Waals surface area contributed by atoms with Gasteiger partial charge in [0.15, 0.2) is 0 Å². The molecule has 3 heteroatoms. The van der Waals surface area contributed by atoms with Crippen molar-refractivity contribution in [3.8, 4) is 0 Å². The van der Waals surface area contributed by atoms with Gasteiger partial charge in [-0.05, 0) is 31.4 Å². The minimum Gasteiger partial charge on any atom is -0.497 e. The number of hydrogen-bond donors (Lipinski definition) is 0. The van der Waals surface area contributed by atoms with Crippen LogP contribution in [-0.4, -0.2) is 19.7 Å². The zero-order valence-electron chi connectivity index (χ0n) is 8.66. The average Bonchev–Trinajstić information content (AvgIpc) is 2.19. The van der Waals surface area contributed by atoms with Gasteiger partial charge in [0.05, 0.1) is 20.1 Å². The maximum Gasteiger partial charge on any atom is 0.306 e. The van der Waals surface area contributed by atoms with Crippen molar-refractivity contribution < 1.29 is 14.3 Å². The van der Waals surface area contributed by atoms with E-state index in [-0.39, 0.29) is 11.9 Å². The highest BCUT2D eigenvalue weighted by Gasteiger charge is 2.13. The van der Waals surface area contributed by atoms with E-state index in [9.17, 15) is 4.79 Å². The quantitative estimate of drug-likeness (QED) is 0.645. The topological polar surface area (TPSA) is 35.5 Å². The molecule has 0 heterocycles. The maximum absolute atomic E-state index is 11.2. The Morgan fingerprint density at radius 2 is 2.43 bits per heavy atom. The van der Waals surface area contributed by atoms with E-state index in [4.69, 9.17) is 9.47 Å². The van der Waals surface area contributed by atoms with Gasteiger partial charge < -0.3 is 9.47 Å². The molecule has 0 aromatic heterocycles. The average molecular weight is 196 g/mol. The van der Waals surface area contributed by atoms with E-state index < -0.39 is 0 Å². The SMILES string of the molecule is CCOC(=O)CC1C=CC(OC)=CC1. The Morgan fingerprint density at radius 1 is 1.64 bits per heavy atom. The van der Waals surface area contributed by atoms with Crippen LogP contribution in [0.1, 0.15) is 19.8 Å². The summed E-state index contributed by atoms with van der Waals surface area (Å²) in [4.78, 5) is 11.2. The molecule has 0 bridgehead atoms. The Bertz CT molecular complexity index is 253. The highest BCUT2D eigenvalue weighted by Crippen LogP contribution is 2.19. The summed E-state index contributed by atoms with van der Waals surface area (Å²) in [6.07, 6.45) is 7.18. The fraction of sp³-hybridized carbons (Fsp3) is 0.545. The van der Waals surface area contributed by atoms with Crippen molar-refractivity contribution >= 4 is 5.97 Å². The largest absolute Gasteiger partial charge is 0.497 e. The van der Waals surface area contributed by atoms with Crippen molar-refractivity contribution in [2.45, 2.75) is 19.8 Å². The molecule has 1 aliphatic carbocycles. The van der Waals surface area contributed by atoms with Crippen molar-refractivity contribution in [3.05, 3.63) is 24.0 Å².